The third-order valence-corrected chi connectivity index (χ3v) is 8.19. The third kappa shape index (κ3) is 3.35. The van der Waals surface area contributed by atoms with Crippen LogP contribution in [0.25, 0.3) is 33.3 Å². The Morgan fingerprint density at radius 2 is 2.03 bits per heavy atom. The van der Waals surface area contributed by atoms with Crippen LogP contribution in [0.3, 0.4) is 0 Å². The number of hydrogen-bond acceptors (Lipinski definition) is 5. The molecule has 3 aromatic heterocycles. The highest BCUT2D eigenvalue weighted by Crippen LogP contribution is 2.55. The number of H-pyrrole nitrogens is 1. The average Bonchev–Trinajstić information content (AvgIpc) is 3.42. The molecule has 1 aromatic carbocycles. The Kier molecular flexibility index (Phi) is 5.19. The van der Waals surface area contributed by atoms with Gasteiger partial charge in [0.2, 0.25) is 11.8 Å². The van der Waals surface area contributed by atoms with Crippen LogP contribution < -0.4 is 4.74 Å². The second-order valence-corrected chi connectivity index (χ2v) is 10.4. The van der Waals surface area contributed by atoms with Crippen molar-refractivity contribution in [2.24, 2.45) is 5.41 Å². The van der Waals surface area contributed by atoms with E-state index < -0.39 is 0 Å². The van der Waals surface area contributed by atoms with Crippen molar-refractivity contribution in [2.45, 2.75) is 32.7 Å². The number of aryl methyl sites for hydroxylation is 1. The maximum atomic E-state index is 11.9. The van der Waals surface area contributed by atoms with Crippen LogP contribution in [0.15, 0.2) is 43.2 Å². The van der Waals surface area contributed by atoms with Gasteiger partial charge in [0.05, 0.1) is 29.9 Å². The van der Waals surface area contributed by atoms with Crippen molar-refractivity contribution in [3.8, 4) is 28.3 Å². The number of rotatable bonds is 5. The van der Waals surface area contributed by atoms with E-state index in [2.05, 4.69) is 33.4 Å². The lowest BCUT2D eigenvalue weighted by atomic mass is 9.60. The predicted octanol–water partition coefficient (Wildman–Crippen LogP) is 5.12. The first-order chi connectivity index (χ1) is 17.3. The van der Waals surface area contributed by atoms with Crippen molar-refractivity contribution in [1.29, 1.82) is 0 Å². The summed E-state index contributed by atoms with van der Waals surface area (Å²) >= 11 is 6.96. The summed E-state index contributed by atoms with van der Waals surface area (Å²) in [4.78, 5) is 18.2. The molecule has 1 saturated heterocycles. The molecule has 1 spiro atoms. The van der Waals surface area contributed by atoms with Crippen LogP contribution in [0.4, 0.5) is 0 Å². The molecule has 1 amide bonds. The summed E-state index contributed by atoms with van der Waals surface area (Å²) in [5.41, 5.74) is 6.77. The molecule has 9 heteroatoms. The van der Waals surface area contributed by atoms with E-state index in [-0.39, 0.29) is 17.4 Å². The number of carbonyl (C=O) groups excluding carboxylic acids is 1. The van der Waals surface area contributed by atoms with E-state index in [4.69, 9.17) is 21.4 Å². The van der Waals surface area contributed by atoms with Gasteiger partial charge in [0.1, 0.15) is 5.69 Å². The molecule has 1 saturated carbocycles. The molecule has 2 fully saturated rings. The Hall–Kier alpha value is -3.65. The summed E-state index contributed by atoms with van der Waals surface area (Å²) in [6.07, 6.45) is 6.97. The number of nitrogens with zero attached hydrogens (tertiary/aromatic N) is 5. The number of carbonyl (C=O) groups is 1. The standard InChI is InChI=1S/C27H27ClN6O2/c1-5-22(35)33-13-27(14-33)9-18(10-27)34-16(3)23(26(32-34)17-6-7-21(36-4)29-11-17)24-19-12-30-31-20(19)8-15(2)25(24)28/h5-8,11-12,18H,1,9-10,13-14H2,2-4H3,(H,30,31). The van der Waals surface area contributed by atoms with Gasteiger partial charge in [-0.1, -0.05) is 18.2 Å². The maximum Gasteiger partial charge on any atom is 0.245 e. The number of halogens is 1. The summed E-state index contributed by atoms with van der Waals surface area (Å²) in [6.45, 7) is 9.29. The number of methoxy groups -OCH3 is 1. The van der Waals surface area contributed by atoms with Gasteiger partial charge in [-0.25, -0.2) is 4.98 Å². The molecule has 36 heavy (non-hydrogen) atoms. The van der Waals surface area contributed by atoms with Crippen LogP contribution in [-0.4, -0.2) is 56.0 Å². The molecule has 1 N–H and O–H groups in total. The number of amides is 1. The van der Waals surface area contributed by atoms with Gasteiger partial charge < -0.3 is 9.64 Å². The van der Waals surface area contributed by atoms with Crippen molar-refractivity contribution >= 4 is 28.4 Å². The topological polar surface area (TPSA) is 88.9 Å². The molecule has 1 aliphatic heterocycles. The van der Waals surface area contributed by atoms with Crippen LogP contribution in [0.2, 0.25) is 5.02 Å². The van der Waals surface area contributed by atoms with Gasteiger partial charge in [0.25, 0.3) is 0 Å². The number of pyridine rings is 1. The minimum Gasteiger partial charge on any atom is -0.481 e. The predicted molar refractivity (Wildman–Crippen MR) is 139 cm³/mol. The van der Waals surface area contributed by atoms with Crippen LogP contribution in [0, 0.1) is 19.3 Å². The summed E-state index contributed by atoms with van der Waals surface area (Å²) in [6, 6.07) is 6.10. The first-order valence-corrected chi connectivity index (χ1v) is 12.4. The number of fused-ring (bicyclic) bond motifs is 1. The van der Waals surface area contributed by atoms with Gasteiger partial charge >= 0.3 is 0 Å². The lowest BCUT2D eigenvalue weighted by Crippen LogP contribution is -2.63. The summed E-state index contributed by atoms with van der Waals surface area (Å²) < 4.78 is 7.41. The number of benzene rings is 1. The zero-order valence-electron chi connectivity index (χ0n) is 20.5. The van der Waals surface area contributed by atoms with E-state index in [1.807, 2.05) is 36.2 Å². The average molecular weight is 503 g/mol. The molecule has 0 bridgehead atoms. The van der Waals surface area contributed by atoms with E-state index in [0.717, 1.165) is 70.5 Å². The quantitative estimate of drug-likeness (QED) is 0.383. The highest BCUT2D eigenvalue weighted by molar-refractivity contribution is 6.36. The van der Waals surface area contributed by atoms with Crippen LogP contribution in [0.1, 0.15) is 30.1 Å². The molecule has 4 aromatic rings. The number of hydrogen-bond donors (Lipinski definition) is 1. The van der Waals surface area contributed by atoms with Gasteiger partial charge in [-0.3, -0.25) is 14.6 Å². The van der Waals surface area contributed by atoms with Gasteiger partial charge in [-0.05, 0) is 50.5 Å². The van der Waals surface area contributed by atoms with Gasteiger partial charge in [0, 0.05) is 58.5 Å². The molecular formula is C27H27ClN6O2. The van der Waals surface area contributed by atoms with Gasteiger partial charge in [-0.2, -0.15) is 10.2 Å². The minimum atomic E-state index is 0.00846. The van der Waals surface area contributed by atoms with E-state index in [0.29, 0.717) is 10.9 Å². The Bertz CT molecular complexity index is 1510. The summed E-state index contributed by atoms with van der Waals surface area (Å²) in [5, 5.41) is 14.2. The van der Waals surface area contributed by atoms with Crippen LogP contribution in [0.5, 0.6) is 5.88 Å². The highest BCUT2D eigenvalue weighted by atomic mass is 35.5. The molecule has 6 rings (SSSR count). The third-order valence-electron chi connectivity index (χ3n) is 7.71. The number of ether oxygens (including phenoxy) is 1. The van der Waals surface area contributed by atoms with Gasteiger partial charge in [-0.15, -0.1) is 0 Å². The lowest BCUT2D eigenvalue weighted by molar-refractivity contribution is -0.149. The Labute approximate surface area is 213 Å². The molecule has 4 heterocycles. The number of aromatic amines is 1. The van der Waals surface area contributed by atoms with Crippen molar-refractivity contribution < 1.29 is 9.53 Å². The number of likely N-dealkylation sites (tertiary alicyclic amines) is 1. The molecular weight excluding hydrogens is 476 g/mol. The van der Waals surface area contributed by atoms with Gasteiger partial charge in [0.15, 0.2) is 0 Å². The SMILES string of the molecule is C=CC(=O)N1CC2(CC(n3nc(-c4ccc(OC)nc4)c(-c4c(Cl)c(C)cc5[nH]ncc45)c3C)C2)C1. The van der Waals surface area contributed by atoms with Crippen LogP contribution >= 0.6 is 11.6 Å². The highest BCUT2D eigenvalue weighted by Gasteiger charge is 2.54. The van der Waals surface area contributed by atoms with Crippen LogP contribution in [-0.2, 0) is 4.79 Å². The maximum absolute atomic E-state index is 11.9. The van der Waals surface area contributed by atoms with E-state index in [1.54, 1.807) is 13.3 Å². The molecule has 184 valence electrons. The summed E-state index contributed by atoms with van der Waals surface area (Å²) in [5.74, 6) is 0.556. The minimum absolute atomic E-state index is 0.00846. The fourth-order valence-corrected chi connectivity index (χ4v) is 6.13. The van der Waals surface area contributed by atoms with E-state index in [9.17, 15) is 4.79 Å². The van der Waals surface area contributed by atoms with E-state index >= 15 is 0 Å². The smallest absolute Gasteiger partial charge is 0.245 e. The van der Waals surface area contributed by atoms with E-state index in [1.165, 1.54) is 6.08 Å². The molecule has 2 aliphatic rings. The Morgan fingerprint density at radius 3 is 2.69 bits per heavy atom. The Balaban J connectivity index is 1.45. The second kappa shape index (κ2) is 8.20. The second-order valence-electron chi connectivity index (χ2n) is 10.0. The molecule has 1 aliphatic carbocycles. The van der Waals surface area contributed by atoms with Crippen molar-refractivity contribution in [3.63, 3.8) is 0 Å². The fourth-order valence-electron chi connectivity index (χ4n) is 5.88. The zero-order valence-corrected chi connectivity index (χ0v) is 21.3. The first-order valence-electron chi connectivity index (χ1n) is 12.0. The molecule has 0 unspecified atom stereocenters. The van der Waals surface area contributed by atoms with Crippen molar-refractivity contribution in [1.82, 2.24) is 29.9 Å². The van der Waals surface area contributed by atoms with Crippen molar-refractivity contribution in [2.75, 3.05) is 20.2 Å². The first kappa shape index (κ1) is 22.8. The lowest BCUT2D eigenvalue weighted by Gasteiger charge is -2.58. The molecule has 0 atom stereocenters. The fraction of sp³-hybridized carbons (Fsp3) is 0.333. The normalized spacial score (nSPS) is 16.7. The zero-order chi connectivity index (χ0) is 25.2. The number of nitrogens with one attached hydrogen (secondary N) is 1. The number of aromatic nitrogens is 5. The molecule has 0 radical (unpaired) electrons. The largest absolute Gasteiger partial charge is 0.481 e. The Morgan fingerprint density at radius 1 is 1.25 bits per heavy atom. The molecule has 8 nitrogen and oxygen atoms in total. The van der Waals surface area contributed by atoms with Crippen molar-refractivity contribution in [3.05, 3.63) is 59.5 Å². The monoisotopic (exact) mass is 502 g/mol. The summed E-state index contributed by atoms with van der Waals surface area (Å²) in [7, 11) is 1.60.